The van der Waals surface area contributed by atoms with E-state index in [1.807, 2.05) is 47.8 Å². The number of aromatic nitrogens is 2. The second-order valence-electron chi connectivity index (χ2n) is 6.76. The van der Waals surface area contributed by atoms with Crippen molar-refractivity contribution in [2.75, 3.05) is 11.9 Å². The fraction of sp³-hybridized carbons (Fsp3) is 0.190. The number of amides is 4. The molecule has 1 atom stereocenters. The second-order valence-corrected chi connectivity index (χ2v) is 7.62. The summed E-state index contributed by atoms with van der Waals surface area (Å²) in [6.45, 7) is 0.272. The third kappa shape index (κ3) is 4.52. The van der Waals surface area contributed by atoms with Crippen molar-refractivity contribution in [2.24, 2.45) is 0 Å². The van der Waals surface area contributed by atoms with E-state index in [4.69, 9.17) is 0 Å². The van der Waals surface area contributed by atoms with Crippen LogP contribution < -0.4 is 10.6 Å². The van der Waals surface area contributed by atoms with E-state index in [9.17, 15) is 14.4 Å². The SMILES string of the molecule is O=C(CC1NC(=O)N(CCc2ccccc2)C1=O)Nc1nc(-c2cccnc2)cs1. The molecule has 1 saturated heterocycles. The van der Waals surface area contributed by atoms with Gasteiger partial charge < -0.3 is 10.6 Å². The number of carbonyl (C=O) groups is 3. The summed E-state index contributed by atoms with van der Waals surface area (Å²) in [4.78, 5) is 46.7. The van der Waals surface area contributed by atoms with Crippen LogP contribution >= 0.6 is 11.3 Å². The fourth-order valence-electron chi connectivity index (χ4n) is 3.15. The van der Waals surface area contributed by atoms with Crippen LogP contribution in [-0.2, 0) is 16.0 Å². The molecule has 0 bridgehead atoms. The van der Waals surface area contributed by atoms with Crippen molar-refractivity contribution >= 4 is 34.3 Å². The number of hydrogen-bond acceptors (Lipinski definition) is 6. The highest BCUT2D eigenvalue weighted by Crippen LogP contribution is 2.24. The topological polar surface area (TPSA) is 104 Å². The largest absolute Gasteiger partial charge is 0.325 e. The summed E-state index contributed by atoms with van der Waals surface area (Å²) in [7, 11) is 0. The molecule has 3 heterocycles. The summed E-state index contributed by atoms with van der Waals surface area (Å²) < 4.78 is 0. The van der Waals surface area contributed by atoms with E-state index < -0.39 is 12.1 Å². The van der Waals surface area contributed by atoms with Crippen molar-refractivity contribution in [1.29, 1.82) is 0 Å². The third-order valence-corrected chi connectivity index (χ3v) is 5.43. The van der Waals surface area contributed by atoms with Gasteiger partial charge in [-0.1, -0.05) is 30.3 Å². The number of benzene rings is 1. The van der Waals surface area contributed by atoms with E-state index in [0.717, 1.165) is 16.0 Å². The van der Waals surface area contributed by atoms with Crippen molar-refractivity contribution in [3.05, 3.63) is 65.8 Å². The lowest BCUT2D eigenvalue weighted by molar-refractivity contribution is -0.129. The molecule has 1 aromatic carbocycles. The molecule has 0 spiro atoms. The zero-order chi connectivity index (χ0) is 20.9. The smallest absolute Gasteiger partial charge is 0.324 e. The van der Waals surface area contributed by atoms with Gasteiger partial charge in [0.1, 0.15) is 6.04 Å². The van der Waals surface area contributed by atoms with Crippen molar-refractivity contribution in [3.63, 3.8) is 0 Å². The van der Waals surface area contributed by atoms with Gasteiger partial charge in [-0.15, -0.1) is 11.3 Å². The number of rotatable bonds is 7. The van der Waals surface area contributed by atoms with Gasteiger partial charge in [-0.25, -0.2) is 9.78 Å². The standard InChI is InChI=1S/C21H19N5O3S/c27-18(25-20-23-17(13-30-20)15-7-4-9-22-12-15)11-16-19(28)26(21(29)24-16)10-8-14-5-2-1-3-6-14/h1-7,9,12-13,16H,8,10-11H2,(H,24,29)(H,23,25,27). The molecule has 1 fully saturated rings. The number of anilines is 1. The number of urea groups is 1. The minimum atomic E-state index is -0.869. The highest BCUT2D eigenvalue weighted by Gasteiger charge is 2.38. The van der Waals surface area contributed by atoms with Crippen molar-refractivity contribution in [3.8, 4) is 11.3 Å². The van der Waals surface area contributed by atoms with Gasteiger partial charge in [0, 0.05) is 29.9 Å². The molecule has 1 unspecified atom stereocenters. The molecule has 3 aromatic rings. The average molecular weight is 421 g/mol. The third-order valence-electron chi connectivity index (χ3n) is 4.67. The molecule has 152 valence electrons. The molecular formula is C21H19N5O3S. The molecule has 4 amide bonds. The van der Waals surface area contributed by atoms with E-state index in [1.54, 1.807) is 12.4 Å². The number of nitrogens with zero attached hydrogens (tertiary/aromatic N) is 3. The summed E-state index contributed by atoms with van der Waals surface area (Å²) in [6, 6.07) is 12.0. The number of nitrogens with one attached hydrogen (secondary N) is 2. The molecule has 1 aliphatic rings. The molecule has 9 heteroatoms. The lowest BCUT2D eigenvalue weighted by atomic mass is 10.1. The predicted molar refractivity (Wildman–Crippen MR) is 113 cm³/mol. The molecule has 30 heavy (non-hydrogen) atoms. The lowest BCUT2D eigenvalue weighted by Crippen LogP contribution is -2.34. The number of imide groups is 1. The maximum atomic E-state index is 12.6. The van der Waals surface area contributed by atoms with E-state index in [0.29, 0.717) is 17.2 Å². The van der Waals surface area contributed by atoms with Crippen LogP contribution in [0.2, 0.25) is 0 Å². The molecular weight excluding hydrogens is 402 g/mol. The number of thiazole rings is 1. The van der Waals surface area contributed by atoms with Crippen LogP contribution in [0.4, 0.5) is 9.93 Å². The lowest BCUT2D eigenvalue weighted by Gasteiger charge is -2.12. The summed E-state index contributed by atoms with van der Waals surface area (Å²) in [5.74, 6) is -0.771. The van der Waals surface area contributed by atoms with Gasteiger partial charge in [-0.2, -0.15) is 0 Å². The molecule has 4 rings (SSSR count). The van der Waals surface area contributed by atoms with E-state index >= 15 is 0 Å². The highest BCUT2D eigenvalue weighted by atomic mass is 32.1. The molecule has 0 radical (unpaired) electrons. The summed E-state index contributed by atoms with van der Waals surface area (Å²) >= 11 is 1.28. The Bertz CT molecular complexity index is 1050. The van der Waals surface area contributed by atoms with Crippen LogP contribution in [0.25, 0.3) is 11.3 Å². The Morgan fingerprint density at radius 3 is 2.77 bits per heavy atom. The van der Waals surface area contributed by atoms with Crippen LogP contribution in [0.1, 0.15) is 12.0 Å². The van der Waals surface area contributed by atoms with Gasteiger partial charge >= 0.3 is 6.03 Å². The predicted octanol–water partition coefficient (Wildman–Crippen LogP) is 2.70. The Balaban J connectivity index is 1.32. The summed E-state index contributed by atoms with van der Waals surface area (Å²) in [5, 5.41) is 7.53. The van der Waals surface area contributed by atoms with Crippen LogP contribution in [0.15, 0.2) is 60.2 Å². The van der Waals surface area contributed by atoms with Gasteiger partial charge in [0.15, 0.2) is 5.13 Å². The van der Waals surface area contributed by atoms with E-state index in [2.05, 4.69) is 20.6 Å². The Kier molecular flexibility index (Phi) is 5.80. The zero-order valence-electron chi connectivity index (χ0n) is 15.9. The van der Waals surface area contributed by atoms with Crippen LogP contribution in [0.5, 0.6) is 0 Å². The Morgan fingerprint density at radius 2 is 2.00 bits per heavy atom. The maximum Gasteiger partial charge on any atom is 0.324 e. The fourth-order valence-corrected chi connectivity index (χ4v) is 3.88. The zero-order valence-corrected chi connectivity index (χ0v) is 16.8. The van der Waals surface area contributed by atoms with E-state index in [-0.39, 0.29) is 24.8 Å². The van der Waals surface area contributed by atoms with Gasteiger partial charge in [-0.05, 0) is 24.1 Å². The van der Waals surface area contributed by atoms with E-state index in [1.165, 1.54) is 11.3 Å². The Labute approximate surface area is 177 Å². The van der Waals surface area contributed by atoms with Gasteiger partial charge in [-0.3, -0.25) is 19.5 Å². The van der Waals surface area contributed by atoms with Crippen molar-refractivity contribution in [2.45, 2.75) is 18.9 Å². The van der Waals surface area contributed by atoms with Crippen molar-refractivity contribution < 1.29 is 14.4 Å². The van der Waals surface area contributed by atoms with Crippen LogP contribution in [-0.4, -0.2) is 45.3 Å². The summed E-state index contributed by atoms with van der Waals surface area (Å²) in [6.07, 6.45) is 3.79. The molecule has 2 aromatic heterocycles. The molecule has 2 N–H and O–H groups in total. The normalized spacial score (nSPS) is 15.9. The van der Waals surface area contributed by atoms with Gasteiger partial charge in [0.25, 0.3) is 5.91 Å². The average Bonchev–Trinajstić information content (AvgIpc) is 3.32. The molecule has 0 saturated carbocycles. The molecule has 1 aliphatic heterocycles. The first-order valence-electron chi connectivity index (χ1n) is 9.42. The number of hydrogen-bond donors (Lipinski definition) is 2. The minimum absolute atomic E-state index is 0.145. The minimum Gasteiger partial charge on any atom is -0.325 e. The number of pyridine rings is 1. The monoisotopic (exact) mass is 421 g/mol. The first-order valence-corrected chi connectivity index (χ1v) is 10.3. The van der Waals surface area contributed by atoms with Crippen LogP contribution in [0.3, 0.4) is 0 Å². The quantitative estimate of drug-likeness (QED) is 0.571. The summed E-state index contributed by atoms with van der Waals surface area (Å²) in [5.41, 5.74) is 2.59. The number of carbonyl (C=O) groups excluding carboxylic acids is 3. The molecule has 8 nitrogen and oxygen atoms in total. The first-order chi connectivity index (χ1) is 14.6. The maximum absolute atomic E-state index is 12.6. The highest BCUT2D eigenvalue weighted by molar-refractivity contribution is 7.14. The van der Waals surface area contributed by atoms with Gasteiger partial charge in [0.2, 0.25) is 5.91 Å². The second kappa shape index (κ2) is 8.83. The van der Waals surface area contributed by atoms with Crippen molar-refractivity contribution in [1.82, 2.24) is 20.2 Å². The first kappa shape index (κ1) is 19.7. The Hall–Kier alpha value is -3.59. The Morgan fingerprint density at radius 1 is 1.17 bits per heavy atom. The van der Waals surface area contributed by atoms with Gasteiger partial charge in [0.05, 0.1) is 12.1 Å². The molecule has 0 aliphatic carbocycles. The van der Waals surface area contributed by atoms with Crippen LogP contribution in [0, 0.1) is 0 Å².